The summed E-state index contributed by atoms with van der Waals surface area (Å²) in [7, 11) is 1.70. The third kappa shape index (κ3) is 7.84. The quantitative estimate of drug-likeness (QED) is 0.588. The van der Waals surface area contributed by atoms with Gasteiger partial charge in [0.1, 0.15) is 0 Å². The highest BCUT2D eigenvalue weighted by molar-refractivity contribution is 4.69. The maximum Gasteiger partial charge on any atom is 0.0897 e. The summed E-state index contributed by atoms with van der Waals surface area (Å²) < 4.78 is 16.1. The Hall–Kier alpha value is -0.200. The lowest BCUT2D eigenvalue weighted by atomic mass is 10.2. The lowest BCUT2D eigenvalue weighted by molar-refractivity contribution is -0.0175. The second-order valence-corrected chi connectivity index (χ2v) is 5.18. The van der Waals surface area contributed by atoms with Gasteiger partial charge >= 0.3 is 0 Å². The van der Waals surface area contributed by atoms with Crippen molar-refractivity contribution in [3.05, 3.63) is 0 Å². The zero-order chi connectivity index (χ0) is 13.9. The van der Waals surface area contributed by atoms with Crippen molar-refractivity contribution in [1.29, 1.82) is 0 Å². The van der Waals surface area contributed by atoms with E-state index in [-0.39, 0.29) is 6.10 Å². The number of aliphatic hydroxyl groups excluding tert-OH is 1. The van der Waals surface area contributed by atoms with Crippen molar-refractivity contribution < 1.29 is 19.3 Å². The minimum atomic E-state index is -0.474. The van der Waals surface area contributed by atoms with Crippen LogP contribution in [0.1, 0.15) is 32.6 Å². The maximum atomic E-state index is 9.84. The number of aliphatic hydroxyl groups is 1. The van der Waals surface area contributed by atoms with Crippen LogP contribution in [0.2, 0.25) is 0 Å². The van der Waals surface area contributed by atoms with Crippen molar-refractivity contribution in [2.24, 2.45) is 0 Å². The Morgan fingerprint density at radius 3 is 2.89 bits per heavy atom. The van der Waals surface area contributed by atoms with E-state index < -0.39 is 6.10 Å². The molecule has 0 spiro atoms. The molecule has 5 heteroatoms. The molecule has 2 N–H and O–H groups in total. The molecular formula is C14H29NO4. The molecule has 1 aliphatic heterocycles. The standard InChI is InChI=1S/C14H29NO4/c1-3-5-12(9-17-2)15-8-13(16)10-18-11-14-6-4-7-19-14/h12-16H,3-11H2,1-2H3. The van der Waals surface area contributed by atoms with Gasteiger partial charge in [-0.15, -0.1) is 0 Å². The molecule has 3 unspecified atom stereocenters. The van der Waals surface area contributed by atoms with Gasteiger partial charge in [-0.2, -0.15) is 0 Å². The zero-order valence-corrected chi connectivity index (χ0v) is 12.3. The van der Waals surface area contributed by atoms with Crippen molar-refractivity contribution in [2.75, 3.05) is 40.1 Å². The van der Waals surface area contributed by atoms with Crippen LogP contribution >= 0.6 is 0 Å². The van der Waals surface area contributed by atoms with Crippen LogP contribution in [0.25, 0.3) is 0 Å². The van der Waals surface area contributed by atoms with Crippen LogP contribution in [-0.4, -0.2) is 63.4 Å². The Morgan fingerprint density at radius 2 is 2.26 bits per heavy atom. The van der Waals surface area contributed by atoms with Gasteiger partial charge in [-0.05, 0) is 19.3 Å². The molecule has 0 aromatic rings. The Balaban J connectivity index is 2.03. The molecule has 5 nitrogen and oxygen atoms in total. The van der Waals surface area contributed by atoms with Crippen molar-refractivity contribution >= 4 is 0 Å². The van der Waals surface area contributed by atoms with E-state index in [0.717, 1.165) is 32.3 Å². The molecule has 0 bridgehead atoms. The molecule has 3 atom stereocenters. The SMILES string of the molecule is CCCC(COC)NCC(O)COCC1CCCO1. The first-order valence-corrected chi connectivity index (χ1v) is 7.36. The molecule has 1 saturated heterocycles. The van der Waals surface area contributed by atoms with Gasteiger partial charge in [0.25, 0.3) is 0 Å². The first-order chi connectivity index (χ1) is 9.26. The van der Waals surface area contributed by atoms with Crippen LogP contribution < -0.4 is 5.32 Å². The summed E-state index contributed by atoms with van der Waals surface area (Å²) >= 11 is 0. The molecule has 1 heterocycles. The summed E-state index contributed by atoms with van der Waals surface area (Å²) in [4.78, 5) is 0. The van der Waals surface area contributed by atoms with E-state index in [1.165, 1.54) is 0 Å². The van der Waals surface area contributed by atoms with E-state index in [1.807, 2.05) is 0 Å². The van der Waals surface area contributed by atoms with Gasteiger partial charge in [-0.1, -0.05) is 13.3 Å². The Kier molecular flexibility index (Phi) is 9.38. The molecular weight excluding hydrogens is 246 g/mol. The monoisotopic (exact) mass is 275 g/mol. The number of ether oxygens (including phenoxy) is 3. The third-order valence-corrected chi connectivity index (χ3v) is 3.29. The van der Waals surface area contributed by atoms with Gasteiger partial charge in [-0.3, -0.25) is 0 Å². The summed E-state index contributed by atoms with van der Waals surface area (Å²) in [5.74, 6) is 0. The van der Waals surface area contributed by atoms with E-state index in [9.17, 15) is 5.11 Å². The van der Waals surface area contributed by atoms with Crippen LogP contribution in [0.3, 0.4) is 0 Å². The van der Waals surface area contributed by atoms with Gasteiger partial charge in [0.2, 0.25) is 0 Å². The van der Waals surface area contributed by atoms with E-state index in [0.29, 0.717) is 32.4 Å². The van der Waals surface area contributed by atoms with Crippen molar-refractivity contribution in [2.45, 2.75) is 50.9 Å². The molecule has 1 aliphatic rings. The molecule has 0 aromatic carbocycles. The average molecular weight is 275 g/mol. The van der Waals surface area contributed by atoms with Crippen molar-refractivity contribution in [1.82, 2.24) is 5.32 Å². The first kappa shape index (κ1) is 16.9. The molecule has 0 amide bonds. The lowest BCUT2D eigenvalue weighted by Gasteiger charge is -2.20. The normalized spacial score (nSPS) is 22.6. The fourth-order valence-corrected chi connectivity index (χ4v) is 2.27. The van der Waals surface area contributed by atoms with E-state index >= 15 is 0 Å². The van der Waals surface area contributed by atoms with Crippen LogP contribution in [0, 0.1) is 0 Å². The predicted molar refractivity (Wildman–Crippen MR) is 74.4 cm³/mol. The Morgan fingerprint density at radius 1 is 1.42 bits per heavy atom. The smallest absolute Gasteiger partial charge is 0.0897 e. The summed E-state index contributed by atoms with van der Waals surface area (Å²) in [5, 5.41) is 13.2. The Labute approximate surface area is 116 Å². The van der Waals surface area contributed by atoms with Crippen molar-refractivity contribution in [3.63, 3.8) is 0 Å². The minimum absolute atomic E-state index is 0.224. The van der Waals surface area contributed by atoms with Gasteiger partial charge in [0.15, 0.2) is 0 Å². The third-order valence-electron chi connectivity index (χ3n) is 3.29. The summed E-state index contributed by atoms with van der Waals surface area (Å²) in [6.45, 7) is 5.16. The summed E-state index contributed by atoms with van der Waals surface area (Å²) in [6.07, 6.45) is 4.09. The molecule has 0 aromatic heterocycles. The minimum Gasteiger partial charge on any atom is -0.389 e. The average Bonchev–Trinajstić information content (AvgIpc) is 2.90. The van der Waals surface area contributed by atoms with Gasteiger partial charge < -0.3 is 24.6 Å². The predicted octanol–water partition coefficient (Wildman–Crippen LogP) is 0.948. The number of hydrogen-bond donors (Lipinski definition) is 2. The van der Waals surface area contributed by atoms with Crippen molar-refractivity contribution in [3.8, 4) is 0 Å². The zero-order valence-electron chi connectivity index (χ0n) is 12.3. The summed E-state index contributed by atoms with van der Waals surface area (Å²) in [6, 6.07) is 0.308. The molecule has 0 radical (unpaired) electrons. The second-order valence-electron chi connectivity index (χ2n) is 5.18. The van der Waals surface area contributed by atoms with Crippen LogP contribution in [-0.2, 0) is 14.2 Å². The molecule has 1 rings (SSSR count). The number of rotatable bonds is 11. The largest absolute Gasteiger partial charge is 0.389 e. The van der Waals surface area contributed by atoms with Gasteiger partial charge in [0, 0.05) is 26.3 Å². The maximum absolute atomic E-state index is 9.84. The van der Waals surface area contributed by atoms with Crippen LogP contribution in [0.5, 0.6) is 0 Å². The topological polar surface area (TPSA) is 60.0 Å². The van der Waals surface area contributed by atoms with Crippen LogP contribution in [0.15, 0.2) is 0 Å². The van der Waals surface area contributed by atoms with E-state index in [4.69, 9.17) is 14.2 Å². The Bertz CT molecular complexity index is 204. The molecule has 19 heavy (non-hydrogen) atoms. The number of hydrogen-bond acceptors (Lipinski definition) is 5. The molecule has 0 saturated carbocycles. The summed E-state index contributed by atoms with van der Waals surface area (Å²) in [5.41, 5.74) is 0. The highest BCUT2D eigenvalue weighted by atomic mass is 16.5. The van der Waals surface area contributed by atoms with E-state index in [2.05, 4.69) is 12.2 Å². The van der Waals surface area contributed by atoms with Crippen LogP contribution in [0.4, 0.5) is 0 Å². The highest BCUT2D eigenvalue weighted by Gasteiger charge is 2.16. The molecule has 1 fully saturated rings. The van der Waals surface area contributed by atoms with Gasteiger partial charge in [0.05, 0.1) is 32.0 Å². The lowest BCUT2D eigenvalue weighted by Crippen LogP contribution is -2.40. The second kappa shape index (κ2) is 10.6. The van der Waals surface area contributed by atoms with E-state index in [1.54, 1.807) is 7.11 Å². The number of methoxy groups -OCH3 is 1. The number of nitrogens with one attached hydrogen (secondary N) is 1. The molecule has 0 aliphatic carbocycles. The first-order valence-electron chi connectivity index (χ1n) is 7.36. The fraction of sp³-hybridized carbons (Fsp3) is 1.00. The molecule has 114 valence electrons. The fourth-order valence-electron chi connectivity index (χ4n) is 2.27. The highest BCUT2D eigenvalue weighted by Crippen LogP contribution is 2.11. The van der Waals surface area contributed by atoms with Gasteiger partial charge in [-0.25, -0.2) is 0 Å².